The van der Waals surface area contributed by atoms with E-state index < -0.39 is 5.54 Å². The topological polar surface area (TPSA) is 73.9 Å². The lowest BCUT2D eigenvalue weighted by molar-refractivity contribution is -0.137. The Morgan fingerprint density at radius 2 is 2.17 bits per heavy atom. The van der Waals surface area contributed by atoms with Gasteiger partial charge < -0.3 is 19.9 Å². The molecule has 2 heterocycles. The first-order valence-corrected chi connectivity index (χ1v) is 10.3. The minimum Gasteiger partial charge on any atom is -0.365 e. The highest BCUT2D eigenvalue weighted by atomic mass is 19.1. The second-order valence-electron chi connectivity index (χ2n) is 8.02. The largest absolute Gasteiger partial charge is 0.365 e. The molecule has 0 saturated carbocycles. The van der Waals surface area contributed by atoms with Crippen molar-refractivity contribution in [2.45, 2.75) is 45.2 Å². The molecule has 2 fully saturated rings. The van der Waals surface area contributed by atoms with Gasteiger partial charge in [0.15, 0.2) is 0 Å². The summed E-state index contributed by atoms with van der Waals surface area (Å²) >= 11 is 0. The fourth-order valence-electron chi connectivity index (χ4n) is 4.32. The molecular formula is C21H31FN4O3. The number of halogens is 1. The number of benzene rings is 1. The van der Waals surface area contributed by atoms with Crippen LogP contribution in [0.2, 0.25) is 0 Å². The van der Waals surface area contributed by atoms with Gasteiger partial charge in [0.25, 0.3) is 0 Å². The third-order valence-corrected chi connectivity index (χ3v) is 6.04. The summed E-state index contributed by atoms with van der Waals surface area (Å²) in [7, 11) is 0. The van der Waals surface area contributed by atoms with Crippen LogP contribution in [0, 0.1) is 11.7 Å². The number of anilines is 1. The van der Waals surface area contributed by atoms with E-state index in [1.165, 1.54) is 12.1 Å². The normalized spacial score (nSPS) is 26.6. The standard InChI is InChI=1S/C21H31FN4O3/c1-4-21(20(28)23-13-29-14-24-21)11-15(2)19(27)25-8-9-26(16(3)12-25)18-7-5-6-17(22)10-18/h5-7,10,15-16,24H,4,8-9,11-14H2,1-3H3,(H,23,28)/t15?,16-,21?/m0/s1. The average Bonchev–Trinajstić information content (AvgIpc) is 2.89. The Kier molecular flexibility index (Phi) is 6.74. The Morgan fingerprint density at radius 3 is 2.86 bits per heavy atom. The molecule has 2 unspecified atom stereocenters. The number of carbonyl (C=O) groups excluding carboxylic acids is 2. The fourth-order valence-corrected chi connectivity index (χ4v) is 4.32. The lowest BCUT2D eigenvalue weighted by Gasteiger charge is -2.42. The van der Waals surface area contributed by atoms with E-state index in [0.717, 1.165) is 5.69 Å². The second kappa shape index (κ2) is 9.09. The zero-order valence-corrected chi connectivity index (χ0v) is 17.4. The van der Waals surface area contributed by atoms with E-state index in [1.54, 1.807) is 6.07 Å². The number of piperazine rings is 1. The van der Waals surface area contributed by atoms with Gasteiger partial charge in [-0.1, -0.05) is 19.9 Å². The first kappa shape index (κ1) is 21.5. The van der Waals surface area contributed by atoms with Gasteiger partial charge in [-0.25, -0.2) is 4.39 Å². The van der Waals surface area contributed by atoms with Crippen molar-refractivity contribution in [1.29, 1.82) is 0 Å². The van der Waals surface area contributed by atoms with E-state index in [1.807, 2.05) is 31.7 Å². The molecule has 0 radical (unpaired) electrons. The zero-order chi connectivity index (χ0) is 21.0. The number of nitrogens with zero attached hydrogens (tertiary/aromatic N) is 2. The predicted molar refractivity (Wildman–Crippen MR) is 109 cm³/mol. The van der Waals surface area contributed by atoms with E-state index in [0.29, 0.717) is 32.5 Å². The van der Waals surface area contributed by atoms with Crippen molar-refractivity contribution >= 4 is 17.5 Å². The molecule has 2 amide bonds. The number of ether oxygens (including phenoxy) is 1. The van der Waals surface area contributed by atoms with E-state index >= 15 is 0 Å². The van der Waals surface area contributed by atoms with Gasteiger partial charge in [-0.05, 0) is 38.0 Å². The van der Waals surface area contributed by atoms with Crippen LogP contribution in [0.25, 0.3) is 0 Å². The molecule has 1 aromatic carbocycles. The summed E-state index contributed by atoms with van der Waals surface area (Å²) in [6.07, 6.45) is 0.986. The molecular weight excluding hydrogens is 375 g/mol. The third kappa shape index (κ3) is 4.70. The molecule has 1 aromatic rings. The summed E-state index contributed by atoms with van der Waals surface area (Å²) in [6, 6.07) is 6.63. The van der Waals surface area contributed by atoms with Crippen LogP contribution in [0.15, 0.2) is 24.3 Å². The Balaban J connectivity index is 1.64. The summed E-state index contributed by atoms with van der Waals surface area (Å²) in [5, 5.41) is 5.94. The molecule has 0 aliphatic carbocycles. The number of hydrogen-bond acceptors (Lipinski definition) is 5. The number of amides is 2. The van der Waals surface area contributed by atoms with Gasteiger partial charge in [0.1, 0.15) is 18.1 Å². The minimum absolute atomic E-state index is 0.0448. The van der Waals surface area contributed by atoms with Crippen LogP contribution in [-0.2, 0) is 14.3 Å². The van der Waals surface area contributed by atoms with Crippen molar-refractivity contribution in [3.63, 3.8) is 0 Å². The van der Waals surface area contributed by atoms with Gasteiger partial charge in [0.2, 0.25) is 11.8 Å². The van der Waals surface area contributed by atoms with Crippen LogP contribution < -0.4 is 15.5 Å². The van der Waals surface area contributed by atoms with Gasteiger partial charge in [0, 0.05) is 37.3 Å². The van der Waals surface area contributed by atoms with Crippen molar-refractivity contribution in [2.75, 3.05) is 38.0 Å². The van der Waals surface area contributed by atoms with Gasteiger partial charge in [-0.2, -0.15) is 0 Å². The molecule has 8 heteroatoms. The molecule has 0 aromatic heterocycles. The summed E-state index contributed by atoms with van der Waals surface area (Å²) < 4.78 is 18.9. The first-order valence-electron chi connectivity index (χ1n) is 10.3. The highest BCUT2D eigenvalue weighted by Crippen LogP contribution is 2.26. The van der Waals surface area contributed by atoms with Crippen LogP contribution in [-0.4, -0.2) is 61.4 Å². The molecule has 3 atom stereocenters. The quantitative estimate of drug-likeness (QED) is 0.779. The minimum atomic E-state index is -0.805. The van der Waals surface area contributed by atoms with Crippen molar-refractivity contribution in [2.24, 2.45) is 5.92 Å². The van der Waals surface area contributed by atoms with E-state index in [4.69, 9.17) is 4.74 Å². The van der Waals surface area contributed by atoms with Crippen molar-refractivity contribution in [1.82, 2.24) is 15.5 Å². The Morgan fingerprint density at radius 1 is 1.38 bits per heavy atom. The number of hydrogen-bond donors (Lipinski definition) is 2. The maximum absolute atomic E-state index is 13.6. The van der Waals surface area contributed by atoms with Crippen LogP contribution >= 0.6 is 0 Å². The SMILES string of the molecule is CCC1(CC(C)C(=O)N2CCN(c3cccc(F)c3)[C@@H](C)C2)NCOCNC1=O. The van der Waals surface area contributed by atoms with Crippen LogP contribution in [0.5, 0.6) is 0 Å². The predicted octanol–water partition coefficient (Wildman–Crippen LogP) is 1.69. The van der Waals surface area contributed by atoms with Crippen molar-refractivity contribution in [3.05, 3.63) is 30.1 Å². The highest BCUT2D eigenvalue weighted by molar-refractivity contribution is 5.88. The smallest absolute Gasteiger partial charge is 0.242 e. The van der Waals surface area contributed by atoms with Gasteiger partial charge in [0.05, 0.1) is 6.73 Å². The third-order valence-electron chi connectivity index (χ3n) is 6.04. The molecule has 160 valence electrons. The van der Waals surface area contributed by atoms with Crippen LogP contribution in [0.1, 0.15) is 33.6 Å². The maximum atomic E-state index is 13.6. The molecule has 2 N–H and O–H groups in total. The molecule has 2 aliphatic heterocycles. The lowest BCUT2D eigenvalue weighted by atomic mass is 9.84. The van der Waals surface area contributed by atoms with Crippen LogP contribution in [0.3, 0.4) is 0 Å². The lowest BCUT2D eigenvalue weighted by Crippen LogP contribution is -2.58. The summed E-state index contributed by atoms with van der Waals surface area (Å²) in [5.41, 5.74) is 0.0301. The molecule has 0 spiro atoms. The monoisotopic (exact) mass is 406 g/mol. The second-order valence-corrected chi connectivity index (χ2v) is 8.02. The van der Waals surface area contributed by atoms with E-state index in [-0.39, 0.29) is 43.1 Å². The zero-order valence-electron chi connectivity index (χ0n) is 17.4. The average molecular weight is 407 g/mol. The van der Waals surface area contributed by atoms with Gasteiger partial charge in [-0.3, -0.25) is 14.9 Å². The summed E-state index contributed by atoms with van der Waals surface area (Å²) in [4.78, 5) is 29.7. The van der Waals surface area contributed by atoms with E-state index in [9.17, 15) is 14.0 Å². The number of carbonyl (C=O) groups is 2. The fraction of sp³-hybridized carbons (Fsp3) is 0.619. The van der Waals surface area contributed by atoms with Gasteiger partial charge in [-0.15, -0.1) is 0 Å². The summed E-state index contributed by atoms with van der Waals surface area (Å²) in [6.45, 7) is 8.10. The van der Waals surface area contributed by atoms with E-state index in [2.05, 4.69) is 15.5 Å². The molecule has 3 rings (SSSR count). The van der Waals surface area contributed by atoms with Crippen LogP contribution in [0.4, 0.5) is 10.1 Å². The summed E-state index contributed by atoms with van der Waals surface area (Å²) in [5.74, 6) is -0.645. The van der Waals surface area contributed by atoms with Gasteiger partial charge >= 0.3 is 0 Å². The number of nitrogens with one attached hydrogen (secondary N) is 2. The Bertz CT molecular complexity index is 746. The molecule has 2 saturated heterocycles. The van der Waals surface area contributed by atoms with Crippen molar-refractivity contribution in [3.8, 4) is 0 Å². The highest BCUT2D eigenvalue weighted by Gasteiger charge is 2.41. The maximum Gasteiger partial charge on any atom is 0.242 e. The number of rotatable bonds is 5. The van der Waals surface area contributed by atoms with Crippen molar-refractivity contribution < 1.29 is 18.7 Å². The Hall–Kier alpha value is -2.19. The molecule has 0 bridgehead atoms. The molecule has 2 aliphatic rings. The first-order chi connectivity index (χ1) is 13.9. The molecule has 7 nitrogen and oxygen atoms in total. The Labute approximate surface area is 171 Å². The molecule has 29 heavy (non-hydrogen) atoms.